The standard InChI is InChI=1S/C15H21NO3/c1-11-8-12(5-6-14(11)19-2)9-16-7-3-4-13(10-16)15(17)18/h5-6,8,13H,3-4,7,9-10H2,1-2H3,(H,17,18)/t13-/m1/s1. The number of aliphatic carboxylic acids is 1. The zero-order chi connectivity index (χ0) is 13.8. The second-order valence-electron chi connectivity index (χ2n) is 5.22. The highest BCUT2D eigenvalue weighted by Crippen LogP contribution is 2.22. The van der Waals surface area contributed by atoms with Crippen LogP contribution in [-0.2, 0) is 11.3 Å². The maximum Gasteiger partial charge on any atom is 0.307 e. The Hall–Kier alpha value is -1.55. The van der Waals surface area contributed by atoms with E-state index in [9.17, 15) is 4.79 Å². The predicted octanol–water partition coefficient (Wildman–Crippen LogP) is 2.30. The number of piperidine rings is 1. The van der Waals surface area contributed by atoms with E-state index in [-0.39, 0.29) is 5.92 Å². The number of hydrogen-bond acceptors (Lipinski definition) is 3. The Morgan fingerprint density at radius 3 is 2.95 bits per heavy atom. The second kappa shape index (κ2) is 6.06. The van der Waals surface area contributed by atoms with E-state index in [1.165, 1.54) is 5.56 Å². The zero-order valence-electron chi connectivity index (χ0n) is 11.6. The van der Waals surface area contributed by atoms with Crippen molar-refractivity contribution in [1.29, 1.82) is 0 Å². The molecule has 0 aromatic heterocycles. The molecular formula is C15H21NO3. The van der Waals surface area contributed by atoms with Crippen LogP contribution < -0.4 is 4.74 Å². The van der Waals surface area contributed by atoms with E-state index in [2.05, 4.69) is 17.0 Å². The lowest BCUT2D eigenvalue weighted by Crippen LogP contribution is -2.38. The minimum Gasteiger partial charge on any atom is -0.496 e. The van der Waals surface area contributed by atoms with Gasteiger partial charge in [0.1, 0.15) is 5.75 Å². The van der Waals surface area contributed by atoms with Crippen LogP contribution in [0.3, 0.4) is 0 Å². The summed E-state index contributed by atoms with van der Waals surface area (Å²) in [4.78, 5) is 13.3. The van der Waals surface area contributed by atoms with Gasteiger partial charge in [0.25, 0.3) is 0 Å². The summed E-state index contributed by atoms with van der Waals surface area (Å²) in [5, 5.41) is 9.09. The number of likely N-dealkylation sites (tertiary alicyclic amines) is 1. The van der Waals surface area contributed by atoms with Crippen LogP contribution >= 0.6 is 0 Å². The molecule has 0 spiro atoms. The fraction of sp³-hybridized carbons (Fsp3) is 0.533. The summed E-state index contributed by atoms with van der Waals surface area (Å²) in [6.07, 6.45) is 1.76. The SMILES string of the molecule is COc1ccc(CN2CCC[C@@H](C(=O)O)C2)cc1C. The van der Waals surface area contributed by atoms with Gasteiger partial charge in [0.2, 0.25) is 0 Å². The van der Waals surface area contributed by atoms with Crippen LogP contribution in [0.25, 0.3) is 0 Å². The van der Waals surface area contributed by atoms with Crippen LogP contribution in [0, 0.1) is 12.8 Å². The first kappa shape index (κ1) is 13.9. The van der Waals surface area contributed by atoms with Crippen molar-refractivity contribution >= 4 is 5.97 Å². The van der Waals surface area contributed by atoms with Gasteiger partial charge in [-0.05, 0) is 43.5 Å². The monoisotopic (exact) mass is 263 g/mol. The summed E-state index contributed by atoms with van der Waals surface area (Å²) in [6.45, 7) is 4.47. The molecule has 1 heterocycles. The molecule has 2 rings (SSSR count). The molecule has 1 N–H and O–H groups in total. The number of ether oxygens (including phenoxy) is 1. The van der Waals surface area contributed by atoms with Gasteiger partial charge < -0.3 is 9.84 Å². The molecule has 4 nitrogen and oxygen atoms in total. The molecule has 1 aromatic rings. The Kier molecular flexibility index (Phi) is 4.43. The molecule has 0 aliphatic carbocycles. The highest BCUT2D eigenvalue weighted by molar-refractivity contribution is 5.70. The van der Waals surface area contributed by atoms with E-state index in [1.54, 1.807) is 7.11 Å². The smallest absolute Gasteiger partial charge is 0.307 e. The minimum absolute atomic E-state index is 0.215. The Bertz CT molecular complexity index is 459. The number of rotatable bonds is 4. The third-order valence-corrected chi connectivity index (χ3v) is 3.72. The number of methoxy groups -OCH3 is 1. The molecule has 0 radical (unpaired) electrons. The van der Waals surface area contributed by atoms with E-state index in [4.69, 9.17) is 9.84 Å². The third kappa shape index (κ3) is 3.47. The molecule has 0 amide bonds. The van der Waals surface area contributed by atoms with Crippen LogP contribution in [0.2, 0.25) is 0 Å². The Morgan fingerprint density at radius 2 is 2.32 bits per heavy atom. The number of carbonyl (C=O) groups is 1. The van der Waals surface area contributed by atoms with Gasteiger partial charge in [0, 0.05) is 13.1 Å². The van der Waals surface area contributed by atoms with Crippen molar-refractivity contribution in [2.45, 2.75) is 26.3 Å². The second-order valence-corrected chi connectivity index (χ2v) is 5.22. The first-order valence-electron chi connectivity index (χ1n) is 6.69. The van der Waals surface area contributed by atoms with Gasteiger partial charge in [-0.2, -0.15) is 0 Å². The summed E-state index contributed by atoms with van der Waals surface area (Å²) >= 11 is 0. The lowest BCUT2D eigenvalue weighted by molar-refractivity contribution is -0.143. The number of carboxylic acids is 1. The number of benzene rings is 1. The fourth-order valence-corrected chi connectivity index (χ4v) is 2.70. The first-order chi connectivity index (χ1) is 9.10. The maximum atomic E-state index is 11.0. The summed E-state index contributed by atoms with van der Waals surface area (Å²) in [7, 11) is 1.67. The van der Waals surface area contributed by atoms with Crippen molar-refractivity contribution in [2.75, 3.05) is 20.2 Å². The quantitative estimate of drug-likeness (QED) is 0.905. The van der Waals surface area contributed by atoms with E-state index in [1.807, 2.05) is 13.0 Å². The average Bonchev–Trinajstić information content (AvgIpc) is 2.39. The number of nitrogens with zero attached hydrogens (tertiary/aromatic N) is 1. The van der Waals surface area contributed by atoms with Gasteiger partial charge in [-0.15, -0.1) is 0 Å². The zero-order valence-corrected chi connectivity index (χ0v) is 11.6. The maximum absolute atomic E-state index is 11.0. The molecule has 0 saturated carbocycles. The molecule has 0 unspecified atom stereocenters. The van der Waals surface area contributed by atoms with Gasteiger partial charge in [0.05, 0.1) is 13.0 Å². The molecule has 104 valence electrons. The van der Waals surface area contributed by atoms with E-state index >= 15 is 0 Å². The van der Waals surface area contributed by atoms with Gasteiger partial charge in [-0.3, -0.25) is 9.69 Å². The molecule has 4 heteroatoms. The normalized spacial score (nSPS) is 20.2. The summed E-state index contributed by atoms with van der Waals surface area (Å²) < 4.78 is 5.25. The van der Waals surface area contributed by atoms with Gasteiger partial charge >= 0.3 is 5.97 Å². The number of aryl methyl sites for hydroxylation is 1. The molecule has 19 heavy (non-hydrogen) atoms. The summed E-state index contributed by atoms with van der Waals surface area (Å²) in [5.41, 5.74) is 2.33. The van der Waals surface area contributed by atoms with Crippen molar-refractivity contribution in [2.24, 2.45) is 5.92 Å². The van der Waals surface area contributed by atoms with Crippen LogP contribution in [0.15, 0.2) is 18.2 Å². The van der Waals surface area contributed by atoms with Crippen molar-refractivity contribution < 1.29 is 14.6 Å². The Morgan fingerprint density at radius 1 is 1.53 bits per heavy atom. The highest BCUT2D eigenvalue weighted by atomic mass is 16.5. The Labute approximate surface area is 114 Å². The van der Waals surface area contributed by atoms with Crippen molar-refractivity contribution in [3.8, 4) is 5.75 Å². The van der Waals surface area contributed by atoms with Gasteiger partial charge in [0.15, 0.2) is 0 Å². The predicted molar refractivity (Wildman–Crippen MR) is 73.4 cm³/mol. The molecule has 1 atom stereocenters. The molecule has 1 aliphatic rings. The van der Waals surface area contributed by atoms with Gasteiger partial charge in [-0.25, -0.2) is 0 Å². The summed E-state index contributed by atoms with van der Waals surface area (Å²) in [5.74, 6) is 0.00881. The summed E-state index contributed by atoms with van der Waals surface area (Å²) in [6, 6.07) is 6.14. The molecule has 1 saturated heterocycles. The fourth-order valence-electron chi connectivity index (χ4n) is 2.70. The lowest BCUT2D eigenvalue weighted by Gasteiger charge is -2.30. The molecule has 1 fully saturated rings. The van der Waals surface area contributed by atoms with Crippen molar-refractivity contribution in [1.82, 2.24) is 4.90 Å². The van der Waals surface area contributed by atoms with Gasteiger partial charge in [-0.1, -0.05) is 12.1 Å². The minimum atomic E-state index is -0.671. The Balaban J connectivity index is 2.00. The number of carboxylic acid groups (broad SMARTS) is 1. The topological polar surface area (TPSA) is 49.8 Å². The van der Waals surface area contributed by atoms with Crippen molar-refractivity contribution in [3.05, 3.63) is 29.3 Å². The van der Waals surface area contributed by atoms with Crippen LogP contribution in [-0.4, -0.2) is 36.2 Å². The third-order valence-electron chi connectivity index (χ3n) is 3.72. The number of hydrogen-bond donors (Lipinski definition) is 1. The molecular weight excluding hydrogens is 242 g/mol. The van der Waals surface area contributed by atoms with E-state index in [0.717, 1.165) is 37.2 Å². The molecule has 1 aliphatic heterocycles. The first-order valence-corrected chi connectivity index (χ1v) is 6.69. The van der Waals surface area contributed by atoms with E-state index < -0.39 is 5.97 Å². The average molecular weight is 263 g/mol. The van der Waals surface area contributed by atoms with Crippen LogP contribution in [0.5, 0.6) is 5.75 Å². The van der Waals surface area contributed by atoms with Crippen LogP contribution in [0.1, 0.15) is 24.0 Å². The lowest BCUT2D eigenvalue weighted by atomic mass is 9.97. The largest absolute Gasteiger partial charge is 0.496 e. The van der Waals surface area contributed by atoms with Crippen molar-refractivity contribution in [3.63, 3.8) is 0 Å². The molecule has 1 aromatic carbocycles. The van der Waals surface area contributed by atoms with E-state index in [0.29, 0.717) is 6.54 Å². The highest BCUT2D eigenvalue weighted by Gasteiger charge is 2.25. The molecule has 0 bridgehead atoms. The van der Waals surface area contributed by atoms with Crippen LogP contribution in [0.4, 0.5) is 0 Å².